The van der Waals surface area contributed by atoms with Gasteiger partial charge in [-0.2, -0.15) is 0 Å². The van der Waals surface area contributed by atoms with Crippen molar-refractivity contribution in [2.45, 2.75) is 6.42 Å². The van der Waals surface area contributed by atoms with E-state index in [1.807, 2.05) is 24.3 Å². The molecule has 0 bridgehead atoms. The Morgan fingerprint density at radius 3 is 2.86 bits per heavy atom. The van der Waals surface area contributed by atoms with Crippen molar-refractivity contribution in [2.75, 3.05) is 17.6 Å². The third-order valence-corrected chi connectivity index (χ3v) is 3.47. The normalized spacial score (nSPS) is 10.7. The van der Waals surface area contributed by atoms with E-state index in [0.29, 0.717) is 5.69 Å². The van der Waals surface area contributed by atoms with Crippen LogP contribution in [-0.2, 0) is 6.42 Å². The molecular weight excluding hydrogens is 265 g/mol. The predicted molar refractivity (Wildman–Crippen MR) is 84.7 cm³/mol. The number of pyridine rings is 1. The molecule has 106 valence electrons. The molecule has 3 nitrogen and oxygen atoms in total. The van der Waals surface area contributed by atoms with Crippen molar-refractivity contribution < 1.29 is 4.39 Å². The molecule has 0 fully saturated rings. The second kappa shape index (κ2) is 5.79. The molecule has 3 rings (SSSR count). The average molecular weight is 281 g/mol. The molecular formula is C17H16FN3. The van der Waals surface area contributed by atoms with E-state index in [0.717, 1.165) is 35.0 Å². The highest BCUT2D eigenvalue weighted by Gasteiger charge is 2.03. The van der Waals surface area contributed by atoms with Gasteiger partial charge in [-0.3, -0.25) is 4.98 Å². The van der Waals surface area contributed by atoms with Gasteiger partial charge < -0.3 is 11.1 Å². The summed E-state index contributed by atoms with van der Waals surface area (Å²) >= 11 is 0. The van der Waals surface area contributed by atoms with E-state index >= 15 is 0 Å². The van der Waals surface area contributed by atoms with E-state index in [-0.39, 0.29) is 5.82 Å². The van der Waals surface area contributed by atoms with Gasteiger partial charge in [-0.1, -0.05) is 12.1 Å². The number of halogens is 1. The number of hydrogen-bond donors (Lipinski definition) is 2. The van der Waals surface area contributed by atoms with Crippen LogP contribution in [0.1, 0.15) is 5.56 Å². The second-order valence-corrected chi connectivity index (χ2v) is 4.93. The fourth-order valence-corrected chi connectivity index (χ4v) is 2.40. The first kappa shape index (κ1) is 13.4. The summed E-state index contributed by atoms with van der Waals surface area (Å²) in [6, 6.07) is 12.4. The number of benzene rings is 2. The summed E-state index contributed by atoms with van der Waals surface area (Å²) in [5.41, 5.74) is 8.66. The maximum absolute atomic E-state index is 13.1. The van der Waals surface area contributed by atoms with E-state index in [4.69, 9.17) is 5.73 Å². The highest BCUT2D eigenvalue weighted by atomic mass is 19.1. The fourth-order valence-electron chi connectivity index (χ4n) is 2.40. The number of nitrogens with one attached hydrogen (secondary N) is 1. The molecule has 1 heterocycles. The van der Waals surface area contributed by atoms with Crippen LogP contribution < -0.4 is 11.1 Å². The molecule has 0 aliphatic rings. The Bertz CT molecular complexity index is 771. The lowest BCUT2D eigenvalue weighted by molar-refractivity contribution is 0.625. The van der Waals surface area contributed by atoms with Crippen LogP contribution >= 0.6 is 0 Å². The van der Waals surface area contributed by atoms with Gasteiger partial charge in [0, 0.05) is 41.1 Å². The summed E-state index contributed by atoms with van der Waals surface area (Å²) in [5, 5.41) is 5.36. The molecule has 0 atom stereocenters. The van der Waals surface area contributed by atoms with Crippen molar-refractivity contribution in [3.05, 3.63) is 66.2 Å². The molecule has 3 N–H and O–H groups in total. The van der Waals surface area contributed by atoms with Crippen LogP contribution in [0.15, 0.2) is 54.9 Å². The standard InChI is InChI=1S/C17H16FN3/c18-13-3-1-2-12(10-13)6-9-21-17-5-4-16(19)15-11-20-8-7-14(15)17/h1-5,7-8,10-11,21H,6,9,19H2. The Labute approximate surface area is 122 Å². The van der Waals surface area contributed by atoms with Gasteiger partial charge in [0.25, 0.3) is 0 Å². The summed E-state index contributed by atoms with van der Waals surface area (Å²) in [5.74, 6) is -0.198. The van der Waals surface area contributed by atoms with E-state index in [1.165, 1.54) is 6.07 Å². The zero-order valence-corrected chi connectivity index (χ0v) is 11.5. The summed E-state index contributed by atoms with van der Waals surface area (Å²) in [4.78, 5) is 4.10. The Balaban J connectivity index is 1.75. The minimum absolute atomic E-state index is 0.198. The van der Waals surface area contributed by atoms with Crippen molar-refractivity contribution >= 4 is 22.1 Å². The molecule has 4 heteroatoms. The highest BCUT2D eigenvalue weighted by Crippen LogP contribution is 2.27. The van der Waals surface area contributed by atoms with Crippen LogP contribution in [0.2, 0.25) is 0 Å². The molecule has 3 aromatic rings. The predicted octanol–water partition coefficient (Wildman–Crippen LogP) is 3.61. The number of rotatable bonds is 4. The molecule has 0 saturated heterocycles. The molecule has 0 aliphatic heterocycles. The number of fused-ring (bicyclic) bond motifs is 1. The van der Waals surface area contributed by atoms with E-state index in [2.05, 4.69) is 10.3 Å². The molecule has 0 saturated carbocycles. The summed E-state index contributed by atoms with van der Waals surface area (Å²) in [7, 11) is 0. The van der Waals surface area contributed by atoms with Crippen molar-refractivity contribution in [1.29, 1.82) is 0 Å². The van der Waals surface area contributed by atoms with E-state index in [1.54, 1.807) is 24.5 Å². The summed E-state index contributed by atoms with van der Waals surface area (Å²) in [6.45, 7) is 0.727. The van der Waals surface area contributed by atoms with Gasteiger partial charge in [0.1, 0.15) is 5.82 Å². The van der Waals surface area contributed by atoms with Crippen LogP contribution in [0.4, 0.5) is 15.8 Å². The van der Waals surface area contributed by atoms with Gasteiger partial charge >= 0.3 is 0 Å². The van der Waals surface area contributed by atoms with Crippen LogP contribution in [0.5, 0.6) is 0 Å². The zero-order chi connectivity index (χ0) is 14.7. The van der Waals surface area contributed by atoms with Gasteiger partial charge in [0.15, 0.2) is 0 Å². The lowest BCUT2D eigenvalue weighted by Crippen LogP contribution is -2.06. The molecule has 0 spiro atoms. The van der Waals surface area contributed by atoms with E-state index in [9.17, 15) is 4.39 Å². The Morgan fingerprint density at radius 2 is 2.00 bits per heavy atom. The lowest BCUT2D eigenvalue weighted by Gasteiger charge is -2.11. The third-order valence-electron chi connectivity index (χ3n) is 3.47. The van der Waals surface area contributed by atoms with Crippen molar-refractivity contribution in [3.8, 4) is 0 Å². The molecule has 0 aliphatic carbocycles. The molecule has 0 amide bonds. The average Bonchev–Trinajstić information content (AvgIpc) is 2.50. The minimum atomic E-state index is -0.198. The fraction of sp³-hybridized carbons (Fsp3) is 0.118. The quantitative estimate of drug-likeness (QED) is 0.718. The first-order valence-electron chi connectivity index (χ1n) is 6.84. The Kier molecular flexibility index (Phi) is 3.69. The molecule has 1 aromatic heterocycles. The molecule has 0 unspecified atom stereocenters. The van der Waals surface area contributed by atoms with Crippen LogP contribution in [0.3, 0.4) is 0 Å². The number of hydrogen-bond acceptors (Lipinski definition) is 3. The van der Waals surface area contributed by atoms with Crippen LogP contribution in [-0.4, -0.2) is 11.5 Å². The van der Waals surface area contributed by atoms with Crippen LogP contribution in [0, 0.1) is 5.82 Å². The molecule has 0 radical (unpaired) electrons. The van der Waals surface area contributed by atoms with Gasteiger partial charge in [-0.05, 0) is 42.3 Å². The number of nitrogen functional groups attached to an aromatic ring is 1. The van der Waals surface area contributed by atoms with Crippen molar-refractivity contribution in [2.24, 2.45) is 0 Å². The van der Waals surface area contributed by atoms with E-state index < -0.39 is 0 Å². The Hall–Kier alpha value is -2.62. The number of anilines is 2. The zero-order valence-electron chi connectivity index (χ0n) is 11.5. The number of aromatic nitrogens is 1. The van der Waals surface area contributed by atoms with Gasteiger partial charge in [0.05, 0.1) is 0 Å². The number of nitrogens with zero attached hydrogens (tertiary/aromatic N) is 1. The number of nitrogens with two attached hydrogens (primary N) is 1. The smallest absolute Gasteiger partial charge is 0.123 e. The SMILES string of the molecule is Nc1ccc(NCCc2cccc(F)c2)c2ccncc12. The van der Waals surface area contributed by atoms with Crippen molar-refractivity contribution in [3.63, 3.8) is 0 Å². The Morgan fingerprint density at radius 1 is 1.10 bits per heavy atom. The van der Waals surface area contributed by atoms with Gasteiger partial charge in [-0.15, -0.1) is 0 Å². The molecule has 21 heavy (non-hydrogen) atoms. The second-order valence-electron chi connectivity index (χ2n) is 4.93. The maximum Gasteiger partial charge on any atom is 0.123 e. The summed E-state index contributed by atoms with van der Waals surface area (Å²) < 4.78 is 13.1. The first-order chi connectivity index (χ1) is 10.2. The summed E-state index contributed by atoms with van der Waals surface area (Å²) in [6.07, 6.45) is 4.27. The van der Waals surface area contributed by atoms with Gasteiger partial charge in [-0.25, -0.2) is 4.39 Å². The lowest BCUT2D eigenvalue weighted by atomic mass is 10.1. The van der Waals surface area contributed by atoms with Crippen LogP contribution in [0.25, 0.3) is 10.8 Å². The first-order valence-corrected chi connectivity index (χ1v) is 6.84. The molecule has 2 aromatic carbocycles. The largest absolute Gasteiger partial charge is 0.398 e. The topological polar surface area (TPSA) is 50.9 Å². The van der Waals surface area contributed by atoms with Crippen molar-refractivity contribution in [1.82, 2.24) is 4.98 Å². The third kappa shape index (κ3) is 2.94. The maximum atomic E-state index is 13.1. The minimum Gasteiger partial charge on any atom is -0.398 e. The monoisotopic (exact) mass is 281 g/mol. The van der Waals surface area contributed by atoms with Gasteiger partial charge in [0.2, 0.25) is 0 Å². The highest BCUT2D eigenvalue weighted by molar-refractivity contribution is 6.00.